The second-order valence-electron chi connectivity index (χ2n) is 5.69. The van der Waals surface area contributed by atoms with E-state index in [1.165, 1.54) is 17.0 Å². The predicted octanol–water partition coefficient (Wildman–Crippen LogP) is 5.44. The average molecular weight is 460 g/mol. The van der Waals surface area contributed by atoms with Gasteiger partial charge in [-0.1, -0.05) is 56.3 Å². The molecule has 0 bridgehead atoms. The molecule has 2 aromatic heterocycles. The van der Waals surface area contributed by atoms with Gasteiger partial charge in [-0.05, 0) is 12.5 Å². The molecule has 7 nitrogen and oxygen atoms in total. The van der Waals surface area contributed by atoms with Crippen LogP contribution in [0.5, 0.6) is 5.75 Å². The zero-order chi connectivity index (χ0) is 19.6. The van der Waals surface area contributed by atoms with Crippen molar-refractivity contribution in [3.8, 4) is 5.75 Å². The van der Waals surface area contributed by atoms with Crippen LogP contribution in [0.4, 0.5) is 0 Å². The molecule has 0 aliphatic rings. The number of hydrogen-bond acceptors (Lipinski definition) is 6. The smallest absolute Gasteiger partial charge is 0.308 e. The van der Waals surface area contributed by atoms with Crippen LogP contribution in [-0.2, 0) is 11.3 Å². The number of aryl methyl sites for hydroxylation is 1. The van der Waals surface area contributed by atoms with E-state index in [1.807, 2.05) is 6.92 Å². The Kier molecular flexibility index (Phi) is 9.07. The highest BCUT2D eigenvalue weighted by molar-refractivity contribution is 7.16. The van der Waals surface area contributed by atoms with Gasteiger partial charge in [0.15, 0.2) is 11.9 Å². The topological polar surface area (TPSA) is 94.3 Å². The number of benzene rings is 1. The molecule has 0 saturated heterocycles. The quantitative estimate of drug-likeness (QED) is 0.505. The number of carboxylic acids is 1. The van der Waals surface area contributed by atoms with Gasteiger partial charge >= 0.3 is 10.8 Å². The molecule has 158 valence electrons. The fourth-order valence-electron chi connectivity index (χ4n) is 2.53. The van der Waals surface area contributed by atoms with Gasteiger partial charge in [-0.25, -0.2) is 9.97 Å². The van der Waals surface area contributed by atoms with Crippen molar-refractivity contribution in [2.24, 2.45) is 0 Å². The van der Waals surface area contributed by atoms with Crippen molar-refractivity contribution in [1.29, 1.82) is 0 Å². The van der Waals surface area contributed by atoms with Crippen LogP contribution >= 0.6 is 34.5 Å². The van der Waals surface area contributed by atoms with E-state index in [4.69, 9.17) is 33.0 Å². The number of carboxylic acid groups (broad SMARTS) is 1. The highest BCUT2D eigenvalue weighted by atomic mass is 35.5. The maximum atomic E-state index is 12.2. The summed E-state index contributed by atoms with van der Waals surface area (Å²) in [6.07, 6.45) is 3.02. The summed E-state index contributed by atoms with van der Waals surface area (Å²) in [5, 5.41) is 9.59. The molecule has 1 atom stereocenters. The van der Waals surface area contributed by atoms with Crippen LogP contribution in [-0.4, -0.2) is 25.6 Å². The molecule has 3 rings (SSSR count). The van der Waals surface area contributed by atoms with Gasteiger partial charge in [-0.2, -0.15) is 0 Å². The number of hydrogen-bond donors (Lipinski definition) is 1. The summed E-state index contributed by atoms with van der Waals surface area (Å²) >= 11 is 13.2. The van der Waals surface area contributed by atoms with Crippen molar-refractivity contribution in [3.05, 3.63) is 50.1 Å². The SMILES string of the molecule is C.C.CC[C@H](Oc1cc2sc(=O)n(CCC(=O)O)c2cc1Cl)c1ncc(Cl)cn1. The van der Waals surface area contributed by atoms with Crippen molar-refractivity contribution < 1.29 is 14.6 Å². The summed E-state index contributed by atoms with van der Waals surface area (Å²) in [5.74, 6) is -0.0902. The lowest BCUT2D eigenvalue weighted by Crippen LogP contribution is -2.15. The van der Waals surface area contributed by atoms with Gasteiger partial charge in [-0.15, -0.1) is 0 Å². The van der Waals surface area contributed by atoms with Crippen molar-refractivity contribution in [1.82, 2.24) is 14.5 Å². The molecule has 0 unspecified atom stereocenters. The first-order chi connectivity index (χ1) is 12.9. The maximum absolute atomic E-state index is 12.2. The number of halogens is 2. The van der Waals surface area contributed by atoms with E-state index in [0.717, 1.165) is 11.3 Å². The Labute approximate surface area is 182 Å². The Morgan fingerprint density at radius 2 is 1.93 bits per heavy atom. The first-order valence-electron chi connectivity index (χ1n) is 8.07. The molecular formula is C19H23Cl2N3O4S. The molecule has 0 amide bonds. The van der Waals surface area contributed by atoms with Crippen LogP contribution in [0, 0.1) is 0 Å². The van der Waals surface area contributed by atoms with Crippen molar-refractivity contribution in [2.45, 2.75) is 47.3 Å². The highest BCUT2D eigenvalue weighted by Crippen LogP contribution is 2.34. The normalized spacial score (nSPS) is 11.4. The fraction of sp³-hybridized carbons (Fsp3) is 0.368. The van der Waals surface area contributed by atoms with Gasteiger partial charge in [0.1, 0.15) is 5.75 Å². The molecule has 10 heteroatoms. The van der Waals surface area contributed by atoms with E-state index in [-0.39, 0.29) is 32.7 Å². The molecule has 0 fully saturated rings. The highest BCUT2D eigenvalue weighted by Gasteiger charge is 2.18. The van der Waals surface area contributed by atoms with Crippen molar-refractivity contribution >= 4 is 50.7 Å². The third kappa shape index (κ3) is 5.68. The standard InChI is InChI=1S/C17H15Cl2N3O4S.2CH4/c1-2-12(16-20-7-9(18)8-21-16)26-13-6-14-11(5-10(13)19)22(17(25)27-14)4-3-15(23)24;;/h5-8,12H,2-4H2,1H3,(H,23,24);2*1H4/t12-;;/m0../s1. The number of aromatic nitrogens is 3. The van der Waals surface area contributed by atoms with E-state index in [1.54, 1.807) is 12.1 Å². The van der Waals surface area contributed by atoms with Crippen LogP contribution in [0.25, 0.3) is 10.2 Å². The van der Waals surface area contributed by atoms with Crippen molar-refractivity contribution in [2.75, 3.05) is 0 Å². The summed E-state index contributed by atoms with van der Waals surface area (Å²) in [6.45, 7) is 2.01. The molecular weight excluding hydrogens is 437 g/mol. The fourth-order valence-corrected chi connectivity index (χ4v) is 3.76. The number of fused-ring (bicyclic) bond motifs is 1. The minimum absolute atomic E-state index is 0. The number of ether oxygens (including phenoxy) is 1. The lowest BCUT2D eigenvalue weighted by atomic mass is 10.2. The van der Waals surface area contributed by atoms with Crippen LogP contribution in [0.2, 0.25) is 10.0 Å². The monoisotopic (exact) mass is 459 g/mol. The predicted molar refractivity (Wildman–Crippen MR) is 118 cm³/mol. The number of rotatable bonds is 7. The number of aliphatic carboxylic acids is 1. The number of thiazole rings is 1. The van der Waals surface area contributed by atoms with Gasteiger partial charge < -0.3 is 9.84 Å². The van der Waals surface area contributed by atoms with E-state index in [9.17, 15) is 9.59 Å². The molecule has 29 heavy (non-hydrogen) atoms. The lowest BCUT2D eigenvalue weighted by Gasteiger charge is -2.17. The average Bonchev–Trinajstić information content (AvgIpc) is 2.93. The molecule has 2 heterocycles. The molecule has 0 radical (unpaired) electrons. The molecule has 1 N–H and O–H groups in total. The summed E-state index contributed by atoms with van der Waals surface area (Å²) < 4.78 is 8.05. The maximum Gasteiger partial charge on any atom is 0.308 e. The number of carbonyl (C=O) groups is 1. The van der Waals surface area contributed by atoms with Crippen LogP contribution in [0.3, 0.4) is 0 Å². The summed E-state index contributed by atoms with van der Waals surface area (Å²) in [6, 6.07) is 3.29. The van der Waals surface area contributed by atoms with Crippen LogP contribution in [0.15, 0.2) is 29.3 Å². The number of nitrogens with zero attached hydrogens (tertiary/aromatic N) is 3. The Balaban J connectivity index is 0.00000210. The second-order valence-corrected chi connectivity index (χ2v) is 7.52. The molecule has 0 spiro atoms. The van der Waals surface area contributed by atoms with Crippen LogP contribution in [0.1, 0.15) is 46.5 Å². The third-order valence-electron chi connectivity index (χ3n) is 3.84. The van der Waals surface area contributed by atoms with Crippen molar-refractivity contribution in [3.63, 3.8) is 0 Å². The first kappa shape index (κ1) is 24.9. The zero-order valence-electron chi connectivity index (χ0n) is 14.2. The largest absolute Gasteiger partial charge is 0.481 e. The van der Waals surface area contributed by atoms with Gasteiger partial charge in [0.25, 0.3) is 0 Å². The zero-order valence-corrected chi connectivity index (χ0v) is 16.5. The molecule has 0 saturated carbocycles. The van der Waals surface area contributed by atoms with Gasteiger partial charge in [0.05, 0.1) is 26.7 Å². The second kappa shape index (κ2) is 10.6. The Morgan fingerprint density at radius 1 is 1.28 bits per heavy atom. The van der Waals surface area contributed by atoms with E-state index in [2.05, 4.69) is 9.97 Å². The minimum atomic E-state index is -0.971. The van der Waals surface area contributed by atoms with E-state index in [0.29, 0.717) is 38.3 Å². The Hall–Kier alpha value is -2.16. The first-order valence-corrected chi connectivity index (χ1v) is 9.65. The van der Waals surface area contributed by atoms with Crippen LogP contribution < -0.4 is 9.61 Å². The third-order valence-corrected chi connectivity index (χ3v) is 5.27. The Bertz CT molecular complexity index is 1030. The summed E-state index contributed by atoms with van der Waals surface area (Å²) in [4.78, 5) is 31.1. The Morgan fingerprint density at radius 3 is 2.52 bits per heavy atom. The van der Waals surface area contributed by atoms with Gasteiger partial charge in [0.2, 0.25) is 0 Å². The van der Waals surface area contributed by atoms with E-state index >= 15 is 0 Å². The van der Waals surface area contributed by atoms with Gasteiger partial charge in [-0.3, -0.25) is 14.2 Å². The molecule has 0 aliphatic carbocycles. The lowest BCUT2D eigenvalue weighted by molar-refractivity contribution is -0.137. The summed E-state index contributed by atoms with van der Waals surface area (Å²) in [7, 11) is 0. The minimum Gasteiger partial charge on any atom is -0.481 e. The van der Waals surface area contributed by atoms with E-state index < -0.39 is 12.1 Å². The molecule has 1 aromatic carbocycles. The van der Waals surface area contributed by atoms with Gasteiger partial charge in [0, 0.05) is 25.0 Å². The molecule has 0 aliphatic heterocycles. The summed E-state index contributed by atoms with van der Waals surface area (Å²) in [5.41, 5.74) is 0.583. The molecule has 3 aromatic rings.